The third kappa shape index (κ3) is 11.4. The number of thioether (sulfide) groups is 1. The lowest BCUT2D eigenvalue weighted by atomic mass is 10.3. The van der Waals surface area contributed by atoms with Gasteiger partial charge in [0.25, 0.3) is 0 Å². The number of hydrogen-bond acceptors (Lipinski definition) is 2. The second-order valence-electron chi connectivity index (χ2n) is 3.03. The highest BCUT2D eigenvalue weighted by molar-refractivity contribution is 8.00. The van der Waals surface area contributed by atoms with Crippen LogP contribution in [0, 0.1) is 11.3 Å². The van der Waals surface area contributed by atoms with Crippen LogP contribution in [-0.2, 0) is 0 Å². The highest BCUT2D eigenvalue weighted by atomic mass is 32.2. The second kappa shape index (κ2) is 6.79. The van der Waals surface area contributed by atoms with Crippen molar-refractivity contribution >= 4 is 11.8 Å². The van der Waals surface area contributed by atoms with E-state index in [1.165, 1.54) is 0 Å². The molecule has 0 aliphatic carbocycles. The van der Waals surface area contributed by atoms with Gasteiger partial charge in [0.15, 0.2) is 0 Å². The molecule has 1 nitrogen and oxygen atoms in total. The zero-order chi connectivity index (χ0) is 13.5. The monoisotopic (exact) mass is 277 g/mol. The van der Waals surface area contributed by atoms with E-state index in [9.17, 15) is 26.3 Å². The molecule has 1 atom stereocenters. The quantitative estimate of drug-likeness (QED) is 0.558. The van der Waals surface area contributed by atoms with Crippen molar-refractivity contribution in [3.05, 3.63) is 12.2 Å². The van der Waals surface area contributed by atoms with Gasteiger partial charge in [-0.25, -0.2) is 0 Å². The first-order valence-corrected chi connectivity index (χ1v) is 5.51. The van der Waals surface area contributed by atoms with Gasteiger partial charge in [-0.15, -0.1) is 11.8 Å². The van der Waals surface area contributed by atoms with Crippen LogP contribution in [0.3, 0.4) is 0 Å². The Hall–Kier alpha value is -0.840. The first kappa shape index (κ1) is 16.2. The standard InChI is InChI=1S/C9H9F6NS/c10-8(11,12)3-1-2-7(6-16)17-5-4-9(13,14)15/h1,3,7H,2,4-5H2/b3-1+. The molecule has 8 heteroatoms. The minimum absolute atomic E-state index is 0.0261. The van der Waals surface area contributed by atoms with E-state index in [2.05, 4.69) is 0 Å². The summed E-state index contributed by atoms with van der Waals surface area (Å²) in [6, 6.07) is 1.65. The van der Waals surface area contributed by atoms with Crippen LogP contribution in [0.4, 0.5) is 26.3 Å². The summed E-state index contributed by atoms with van der Waals surface area (Å²) in [5.74, 6) is -0.332. The molecule has 0 N–H and O–H groups in total. The summed E-state index contributed by atoms with van der Waals surface area (Å²) < 4.78 is 70.4. The molecular weight excluding hydrogens is 268 g/mol. The number of alkyl halides is 6. The molecule has 1 unspecified atom stereocenters. The summed E-state index contributed by atoms with van der Waals surface area (Å²) in [7, 11) is 0. The summed E-state index contributed by atoms with van der Waals surface area (Å²) in [4.78, 5) is 0. The van der Waals surface area contributed by atoms with Crippen molar-refractivity contribution in [2.24, 2.45) is 0 Å². The van der Waals surface area contributed by atoms with Gasteiger partial charge in [-0.3, -0.25) is 0 Å². The Morgan fingerprint density at radius 1 is 1.18 bits per heavy atom. The minimum Gasteiger partial charge on any atom is -0.197 e. The molecular formula is C9H9F6NS. The molecule has 0 bridgehead atoms. The molecule has 0 aromatic carbocycles. The van der Waals surface area contributed by atoms with E-state index in [4.69, 9.17) is 5.26 Å². The zero-order valence-corrected chi connectivity index (χ0v) is 9.29. The van der Waals surface area contributed by atoms with E-state index in [0.29, 0.717) is 11.8 Å². The largest absolute Gasteiger partial charge is 0.409 e. The molecule has 98 valence electrons. The maximum Gasteiger partial charge on any atom is 0.409 e. The third-order valence-corrected chi connectivity index (χ3v) is 2.65. The maximum absolute atomic E-state index is 11.8. The molecule has 0 saturated carbocycles. The molecule has 0 aromatic rings. The van der Waals surface area contributed by atoms with Gasteiger partial charge in [-0.2, -0.15) is 31.6 Å². The normalized spacial score (nSPS) is 14.9. The average Bonchev–Trinajstić information content (AvgIpc) is 2.11. The minimum atomic E-state index is -4.46. The summed E-state index contributed by atoms with van der Waals surface area (Å²) in [5.41, 5.74) is 0. The smallest absolute Gasteiger partial charge is 0.197 e. The van der Waals surface area contributed by atoms with E-state index in [1.807, 2.05) is 0 Å². The number of hydrogen-bond donors (Lipinski definition) is 0. The molecule has 0 aromatic heterocycles. The fourth-order valence-corrected chi connectivity index (χ4v) is 1.76. The molecule has 0 spiro atoms. The van der Waals surface area contributed by atoms with Crippen molar-refractivity contribution in [1.29, 1.82) is 5.26 Å². The Morgan fingerprint density at radius 3 is 2.18 bits per heavy atom. The van der Waals surface area contributed by atoms with Crippen molar-refractivity contribution in [2.45, 2.75) is 30.4 Å². The third-order valence-electron chi connectivity index (χ3n) is 1.51. The predicted molar refractivity (Wildman–Crippen MR) is 52.3 cm³/mol. The van der Waals surface area contributed by atoms with Gasteiger partial charge in [-0.05, 0) is 6.42 Å². The SMILES string of the molecule is N#CC(C/C=C/C(F)(F)F)SCCC(F)(F)F. The maximum atomic E-state index is 11.8. The molecule has 0 amide bonds. The lowest BCUT2D eigenvalue weighted by molar-refractivity contribution is -0.129. The Morgan fingerprint density at radius 2 is 1.76 bits per heavy atom. The molecule has 17 heavy (non-hydrogen) atoms. The zero-order valence-electron chi connectivity index (χ0n) is 8.48. The van der Waals surface area contributed by atoms with Crippen molar-refractivity contribution in [3.8, 4) is 6.07 Å². The van der Waals surface area contributed by atoms with E-state index >= 15 is 0 Å². The fourth-order valence-electron chi connectivity index (χ4n) is 0.800. The predicted octanol–water partition coefficient (Wildman–Crippen LogP) is 4.07. The van der Waals surface area contributed by atoms with Crippen LogP contribution in [0.25, 0.3) is 0 Å². The lowest BCUT2D eigenvalue weighted by Gasteiger charge is -2.08. The van der Waals surface area contributed by atoms with Crippen LogP contribution in [0.2, 0.25) is 0 Å². The number of halogens is 6. The molecule has 0 aliphatic heterocycles. The Bertz CT molecular complexity index is 287. The second-order valence-corrected chi connectivity index (χ2v) is 4.34. The van der Waals surface area contributed by atoms with Gasteiger partial charge in [0.2, 0.25) is 0 Å². The molecule has 0 fully saturated rings. The summed E-state index contributed by atoms with van der Waals surface area (Å²) in [6.07, 6.45) is -9.33. The van der Waals surface area contributed by atoms with Gasteiger partial charge in [0.05, 0.1) is 17.7 Å². The van der Waals surface area contributed by atoms with Crippen molar-refractivity contribution in [1.82, 2.24) is 0 Å². The number of rotatable bonds is 5. The van der Waals surface area contributed by atoms with Gasteiger partial charge in [-0.1, -0.05) is 6.08 Å². The number of nitriles is 1. The first-order valence-electron chi connectivity index (χ1n) is 4.46. The lowest BCUT2D eigenvalue weighted by Crippen LogP contribution is -2.10. The van der Waals surface area contributed by atoms with Gasteiger partial charge in [0, 0.05) is 11.8 Å². The van der Waals surface area contributed by atoms with Crippen LogP contribution >= 0.6 is 11.8 Å². The molecule has 0 aliphatic rings. The van der Waals surface area contributed by atoms with Crippen molar-refractivity contribution < 1.29 is 26.3 Å². The fraction of sp³-hybridized carbons (Fsp3) is 0.667. The number of nitrogens with zero attached hydrogens (tertiary/aromatic N) is 1. The van der Waals surface area contributed by atoms with E-state index in [0.717, 1.165) is 6.08 Å². The van der Waals surface area contributed by atoms with Gasteiger partial charge in [0.1, 0.15) is 0 Å². The summed E-state index contributed by atoms with van der Waals surface area (Å²) >= 11 is 0.699. The van der Waals surface area contributed by atoms with Crippen LogP contribution in [0.1, 0.15) is 12.8 Å². The Labute approximate surface area is 98.5 Å². The van der Waals surface area contributed by atoms with E-state index < -0.39 is 24.0 Å². The molecule has 0 saturated heterocycles. The van der Waals surface area contributed by atoms with Crippen LogP contribution < -0.4 is 0 Å². The van der Waals surface area contributed by atoms with Gasteiger partial charge < -0.3 is 0 Å². The topological polar surface area (TPSA) is 23.8 Å². The van der Waals surface area contributed by atoms with Crippen molar-refractivity contribution in [2.75, 3.05) is 5.75 Å². The Kier molecular flexibility index (Phi) is 6.45. The molecule has 0 radical (unpaired) electrons. The van der Waals surface area contributed by atoms with Crippen LogP contribution in [-0.4, -0.2) is 23.4 Å². The summed E-state index contributed by atoms with van der Waals surface area (Å²) in [6.45, 7) is 0. The first-order chi connectivity index (χ1) is 7.64. The van der Waals surface area contributed by atoms with E-state index in [-0.39, 0.29) is 18.2 Å². The van der Waals surface area contributed by atoms with Crippen molar-refractivity contribution in [3.63, 3.8) is 0 Å². The number of allylic oxidation sites excluding steroid dienone is 2. The molecule has 0 rings (SSSR count). The highest BCUT2D eigenvalue weighted by Crippen LogP contribution is 2.25. The summed E-state index contributed by atoms with van der Waals surface area (Å²) in [5, 5.41) is 7.63. The van der Waals surface area contributed by atoms with E-state index in [1.54, 1.807) is 6.07 Å². The molecule has 0 heterocycles. The Balaban J connectivity index is 3.95. The highest BCUT2D eigenvalue weighted by Gasteiger charge is 2.27. The van der Waals surface area contributed by atoms with Crippen LogP contribution in [0.5, 0.6) is 0 Å². The van der Waals surface area contributed by atoms with Crippen LogP contribution in [0.15, 0.2) is 12.2 Å². The average molecular weight is 277 g/mol. The van der Waals surface area contributed by atoms with Gasteiger partial charge >= 0.3 is 12.4 Å².